The van der Waals surface area contributed by atoms with E-state index in [-0.39, 0.29) is 24.0 Å². The van der Waals surface area contributed by atoms with Crippen molar-refractivity contribution in [1.29, 1.82) is 0 Å². The van der Waals surface area contributed by atoms with Gasteiger partial charge in [0.15, 0.2) is 5.78 Å². The highest BCUT2D eigenvalue weighted by atomic mass is 35.5. The van der Waals surface area contributed by atoms with Crippen LogP contribution >= 0.6 is 11.6 Å². The summed E-state index contributed by atoms with van der Waals surface area (Å²) in [5, 5.41) is 0.509. The fourth-order valence-electron chi connectivity index (χ4n) is 3.16. The summed E-state index contributed by atoms with van der Waals surface area (Å²) in [6.07, 6.45) is 1.38. The maximum absolute atomic E-state index is 12.7. The zero-order valence-corrected chi connectivity index (χ0v) is 15.3. The van der Waals surface area contributed by atoms with E-state index in [0.717, 1.165) is 5.56 Å². The van der Waals surface area contributed by atoms with Crippen LogP contribution in [0.1, 0.15) is 28.8 Å². The molecule has 0 saturated carbocycles. The zero-order chi connectivity index (χ0) is 17.9. The minimum absolute atomic E-state index is 0.0358. The fraction of sp³-hybridized carbons (Fsp3) is 0.316. The normalized spacial score (nSPS) is 18.8. The molecular weight excluding hydrogens is 358 g/mol. The Morgan fingerprint density at radius 1 is 1.12 bits per heavy atom. The van der Waals surface area contributed by atoms with Crippen LogP contribution in [0.25, 0.3) is 0 Å². The number of hydrogen-bond donors (Lipinski definition) is 0. The standard InChI is InChI=1S/C19H20ClNO3S/c20-18-10-4-8-16(12-18)19(22)17-9-5-11-21(13-17)25(23,24)14-15-6-2-1-3-7-15/h1-4,6-8,10,12,17H,5,9,11,13-14H2. The number of halogens is 1. The van der Waals surface area contributed by atoms with E-state index in [0.29, 0.717) is 30.0 Å². The molecule has 0 bridgehead atoms. The molecule has 6 heteroatoms. The number of sulfonamides is 1. The van der Waals surface area contributed by atoms with E-state index in [9.17, 15) is 13.2 Å². The third kappa shape index (κ3) is 4.48. The maximum Gasteiger partial charge on any atom is 0.218 e. The number of rotatable bonds is 5. The number of hydrogen-bond acceptors (Lipinski definition) is 3. The van der Waals surface area contributed by atoms with Crippen molar-refractivity contribution in [2.24, 2.45) is 5.92 Å². The van der Waals surface area contributed by atoms with Crippen LogP contribution in [0.4, 0.5) is 0 Å². The molecule has 1 heterocycles. The monoisotopic (exact) mass is 377 g/mol. The molecule has 0 N–H and O–H groups in total. The van der Waals surface area contributed by atoms with Gasteiger partial charge in [0.2, 0.25) is 10.0 Å². The van der Waals surface area contributed by atoms with Crippen molar-refractivity contribution >= 4 is 27.4 Å². The summed E-state index contributed by atoms with van der Waals surface area (Å²) in [5.41, 5.74) is 1.30. The number of benzene rings is 2. The first-order valence-corrected chi connectivity index (χ1v) is 10.3. The van der Waals surface area contributed by atoms with Gasteiger partial charge in [0.05, 0.1) is 5.75 Å². The molecule has 1 aliphatic rings. The maximum atomic E-state index is 12.7. The molecule has 1 unspecified atom stereocenters. The van der Waals surface area contributed by atoms with Gasteiger partial charge in [-0.25, -0.2) is 12.7 Å². The van der Waals surface area contributed by atoms with Crippen molar-refractivity contribution in [2.75, 3.05) is 13.1 Å². The lowest BCUT2D eigenvalue weighted by molar-refractivity contribution is 0.0872. The largest absolute Gasteiger partial charge is 0.294 e. The molecule has 0 amide bonds. The fourth-order valence-corrected chi connectivity index (χ4v) is 4.96. The number of Topliss-reactive ketones (excluding diaryl/α,β-unsaturated/α-hetero) is 1. The van der Waals surface area contributed by atoms with E-state index >= 15 is 0 Å². The Labute approximate surface area is 153 Å². The van der Waals surface area contributed by atoms with Gasteiger partial charge in [0.25, 0.3) is 0 Å². The predicted molar refractivity (Wildman–Crippen MR) is 99.1 cm³/mol. The molecule has 1 fully saturated rings. The second kappa shape index (κ2) is 7.68. The molecule has 3 rings (SSSR count). The first-order valence-electron chi connectivity index (χ1n) is 8.27. The highest BCUT2D eigenvalue weighted by Crippen LogP contribution is 2.25. The second-order valence-corrected chi connectivity index (χ2v) is 8.72. The quantitative estimate of drug-likeness (QED) is 0.745. The van der Waals surface area contributed by atoms with Crippen molar-refractivity contribution < 1.29 is 13.2 Å². The number of piperidine rings is 1. The summed E-state index contributed by atoms with van der Waals surface area (Å²) in [6.45, 7) is 0.703. The summed E-state index contributed by atoms with van der Waals surface area (Å²) in [5.74, 6) is -0.397. The number of carbonyl (C=O) groups excluding carboxylic acids is 1. The topological polar surface area (TPSA) is 54.5 Å². The molecule has 0 spiro atoms. The van der Waals surface area contributed by atoms with Crippen LogP contribution in [0.2, 0.25) is 5.02 Å². The molecule has 0 aliphatic carbocycles. The Balaban J connectivity index is 1.73. The van der Waals surface area contributed by atoms with Crippen LogP contribution in [-0.4, -0.2) is 31.6 Å². The summed E-state index contributed by atoms with van der Waals surface area (Å²) in [4.78, 5) is 12.7. The molecule has 0 radical (unpaired) electrons. The number of nitrogens with zero attached hydrogens (tertiary/aromatic N) is 1. The Bertz CT molecular complexity index is 852. The summed E-state index contributed by atoms with van der Waals surface area (Å²) in [6, 6.07) is 15.9. The van der Waals surface area contributed by atoms with Gasteiger partial charge in [-0.2, -0.15) is 0 Å². The smallest absolute Gasteiger partial charge is 0.218 e. The molecule has 0 aromatic heterocycles. The average molecular weight is 378 g/mol. The lowest BCUT2D eigenvalue weighted by Gasteiger charge is -2.31. The summed E-state index contributed by atoms with van der Waals surface area (Å²) in [7, 11) is -3.44. The zero-order valence-electron chi connectivity index (χ0n) is 13.8. The minimum Gasteiger partial charge on any atom is -0.294 e. The third-order valence-corrected chi connectivity index (χ3v) is 6.50. The van der Waals surface area contributed by atoms with Gasteiger partial charge in [0, 0.05) is 29.6 Å². The number of carbonyl (C=O) groups is 1. The van der Waals surface area contributed by atoms with E-state index in [2.05, 4.69) is 0 Å². The number of ketones is 1. The van der Waals surface area contributed by atoms with Crippen LogP contribution in [0.5, 0.6) is 0 Å². The molecule has 2 aromatic rings. The van der Waals surface area contributed by atoms with Crippen LogP contribution < -0.4 is 0 Å². The van der Waals surface area contributed by atoms with Crippen molar-refractivity contribution in [3.05, 3.63) is 70.7 Å². The third-order valence-electron chi connectivity index (χ3n) is 4.45. The van der Waals surface area contributed by atoms with Gasteiger partial charge in [-0.1, -0.05) is 54.1 Å². The highest BCUT2D eigenvalue weighted by molar-refractivity contribution is 7.88. The van der Waals surface area contributed by atoms with Crippen molar-refractivity contribution in [3.63, 3.8) is 0 Å². The average Bonchev–Trinajstić information content (AvgIpc) is 2.62. The van der Waals surface area contributed by atoms with Crippen molar-refractivity contribution in [1.82, 2.24) is 4.31 Å². The second-order valence-electron chi connectivity index (χ2n) is 6.31. The van der Waals surface area contributed by atoms with Crippen LogP contribution in [-0.2, 0) is 15.8 Å². The van der Waals surface area contributed by atoms with E-state index in [1.165, 1.54) is 4.31 Å². The van der Waals surface area contributed by atoms with Crippen LogP contribution in [0, 0.1) is 5.92 Å². The predicted octanol–water partition coefficient (Wildman–Crippen LogP) is 3.76. The SMILES string of the molecule is O=C(c1cccc(Cl)c1)C1CCCN(S(=O)(=O)Cc2ccccc2)C1. The van der Waals surface area contributed by atoms with Crippen molar-refractivity contribution in [2.45, 2.75) is 18.6 Å². The minimum atomic E-state index is -3.44. The first kappa shape index (κ1) is 18.1. The van der Waals surface area contributed by atoms with Gasteiger partial charge in [-0.05, 0) is 30.5 Å². The van der Waals surface area contributed by atoms with Crippen LogP contribution in [0.15, 0.2) is 54.6 Å². The van der Waals surface area contributed by atoms with E-state index in [1.807, 2.05) is 18.2 Å². The Morgan fingerprint density at radius 3 is 2.60 bits per heavy atom. The molecule has 25 heavy (non-hydrogen) atoms. The van der Waals surface area contributed by atoms with E-state index < -0.39 is 10.0 Å². The molecule has 1 atom stereocenters. The Morgan fingerprint density at radius 2 is 1.88 bits per heavy atom. The Kier molecular flexibility index (Phi) is 5.57. The van der Waals surface area contributed by atoms with Crippen molar-refractivity contribution in [3.8, 4) is 0 Å². The van der Waals surface area contributed by atoms with E-state index in [1.54, 1.807) is 36.4 Å². The lowest BCUT2D eigenvalue weighted by Crippen LogP contribution is -2.42. The summed E-state index contributed by atoms with van der Waals surface area (Å²) >= 11 is 5.96. The van der Waals surface area contributed by atoms with Gasteiger partial charge >= 0.3 is 0 Å². The molecule has 1 aliphatic heterocycles. The van der Waals surface area contributed by atoms with Gasteiger partial charge in [0.1, 0.15) is 0 Å². The molecule has 4 nitrogen and oxygen atoms in total. The van der Waals surface area contributed by atoms with Gasteiger partial charge in [-0.3, -0.25) is 4.79 Å². The lowest BCUT2D eigenvalue weighted by atomic mass is 9.91. The molecule has 1 saturated heterocycles. The van der Waals surface area contributed by atoms with Gasteiger partial charge < -0.3 is 0 Å². The first-order chi connectivity index (χ1) is 12.0. The Hall–Kier alpha value is -1.69. The van der Waals surface area contributed by atoms with Crippen LogP contribution in [0.3, 0.4) is 0 Å². The highest BCUT2D eigenvalue weighted by Gasteiger charge is 2.32. The molecule has 132 valence electrons. The summed E-state index contributed by atoms with van der Waals surface area (Å²) < 4.78 is 26.9. The molecular formula is C19H20ClNO3S. The van der Waals surface area contributed by atoms with E-state index in [4.69, 9.17) is 11.6 Å². The van der Waals surface area contributed by atoms with Gasteiger partial charge in [-0.15, -0.1) is 0 Å². The molecule has 2 aromatic carbocycles.